The Morgan fingerprint density at radius 2 is 2.08 bits per heavy atom. The number of hydrogen-bond acceptors (Lipinski definition) is 5. The Morgan fingerprint density at radius 1 is 1.36 bits per heavy atom. The Hall–Kier alpha value is -2.22. The van der Waals surface area contributed by atoms with Crippen molar-refractivity contribution in [1.82, 2.24) is 24.7 Å². The molecule has 0 saturated carbocycles. The molecule has 2 amide bonds. The molecule has 0 bridgehead atoms. The molecule has 8 heteroatoms. The number of carbonyl (C=O) groups is 2. The third kappa shape index (κ3) is 6.75. The van der Waals surface area contributed by atoms with Gasteiger partial charge in [0.2, 0.25) is 11.8 Å². The molecule has 2 unspecified atom stereocenters. The number of nitrogens with zero attached hydrogens (tertiary/aromatic N) is 4. The van der Waals surface area contributed by atoms with E-state index in [1.807, 2.05) is 30.5 Å². The zero-order valence-corrected chi connectivity index (χ0v) is 24.1. The standard InChI is InChI=1S/C28H45N5O2S/c1-9-23(33-21(6)29-25-17-32(15-13-26(25)33)28(35)18(2)3)16-19(4)31(8)14-12-24(30-22(7)34)27-11-10-20(5)36-27/h11,18,20,23-24H,4,9-10,12-17H2,1-3,5-8H3,(H,30,34)/t20?,23?,24-/m0/s1. The fourth-order valence-corrected chi connectivity index (χ4v) is 6.46. The summed E-state index contributed by atoms with van der Waals surface area (Å²) in [6.45, 7) is 18.7. The molecule has 1 aromatic rings. The molecular weight excluding hydrogens is 470 g/mol. The summed E-state index contributed by atoms with van der Waals surface area (Å²) < 4.78 is 2.40. The highest BCUT2D eigenvalue weighted by atomic mass is 32.2. The lowest BCUT2D eigenvalue weighted by atomic mass is 10.0. The van der Waals surface area contributed by atoms with Crippen molar-refractivity contribution in [2.45, 2.75) is 97.5 Å². The molecule has 1 aromatic heterocycles. The predicted molar refractivity (Wildman–Crippen MR) is 149 cm³/mol. The van der Waals surface area contributed by atoms with Crippen LogP contribution in [0, 0.1) is 12.8 Å². The summed E-state index contributed by atoms with van der Waals surface area (Å²) in [6, 6.07) is 0.345. The van der Waals surface area contributed by atoms with Crippen molar-refractivity contribution in [1.29, 1.82) is 0 Å². The molecule has 2 aliphatic heterocycles. The topological polar surface area (TPSA) is 70.5 Å². The SMILES string of the molecule is C=C(CC(CC)n1c(C)nc2c1CCN(C(=O)C(C)C)C2)N(C)CC[C@H](NC(C)=O)C1=CCC(C)S1. The monoisotopic (exact) mass is 515 g/mol. The number of nitrogens with one attached hydrogen (secondary N) is 1. The lowest BCUT2D eigenvalue weighted by Crippen LogP contribution is -2.39. The van der Waals surface area contributed by atoms with E-state index in [1.165, 1.54) is 10.6 Å². The van der Waals surface area contributed by atoms with Crippen LogP contribution in [-0.4, -0.2) is 62.6 Å². The van der Waals surface area contributed by atoms with Gasteiger partial charge in [0.1, 0.15) is 5.82 Å². The Bertz CT molecular complexity index is 998. The van der Waals surface area contributed by atoms with Crippen molar-refractivity contribution in [3.63, 3.8) is 0 Å². The summed E-state index contributed by atoms with van der Waals surface area (Å²) >= 11 is 1.88. The number of allylic oxidation sites excluding steroid dienone is 2. The fourth-order valence-electron chi connectivity index (χ4n) is 5.27. The van der Waals surface area contributed by atoms with Gasteiger partial charge in [-0.05, 0) is 26.2 Å². The molecule has 0 aromatic carbocycles. The van der Waals surface area contributed by atoms with Gasteiger partial charge in [0, 0.05) is 73.4 Å². The van der Waals surface area contributed by atoms with E-state index in [2.05, 4.69) is 55.3 Å². The second kappa shape index (κ2) is 12.3. The molecule has 3 atom stereocenters. The summed E-state index contributed by atoms with van der Waals surface area (Å²) in [6.07, 6.45) is 6.88. The Labute approximate surface area is 221 Å². The van der Waals surface area contributed by atoms with E-state index in [9.17, 15) is 9.59 Å². The first kappa shape index (κ1) is 28.4. The Morgan fingerprint density at radius 3 is 2.67 bits per heavy atom. The second-order valence-electron chi connectivity index (χ2n) is 10.7. The molecule has 0 spiro atoms. The third-order valence-corrected chi connectivity index (χ3v) is 8.66. The molecule has 0 fully saturated rings. The number of carbonyl (C=O) groups excluding carboxylic acids is 2. The zero-order chi connectivity index (χ0) is 26.6. The highest BCUT2D eigenvalue weighted by Gasteiger charge is 2.29. The van der Waals surface area contributed by atoms with E-state index < -0.39 is 0 Å². The minimum Gasteiger partial charge on any atom is -0.378 e. The lowest BCUT2D eigenvalue weighted by Gasteiger charge is -2.31. The maximum absolute atomic E-state index is 12.5. The van der Waals surface area contributed by atoms with Gasteiger partial charge in [0.15, 0.2) is 0 Å². The van der Waals surface area contributed by atoms with Crippen LogP contribution in [-0.2, 0) is 22.6 Å². The van der Waals surface area contributed by atoms with Crippen LogP contribution in [0.2, 0.25) is 0 Å². The van der Waals surface area contributed by atoms with Gasteiger partial charge < -0.3 is 19.7 Å². The summed E-state index contributed by atoms with van der Waals surface area (Å²) in [5.41, 5.74) is 3.41. The summed E-state index contributed by atoms with van der Waals surface area (Å²) in [7, 11) is 2.10. The number of aromatic nitrogens is 2. The van der Waals surface area contributed by atoms with Crippen molar-refractivity contribution >= 4 is 23.6 Å². The predicted octanol–water partition coefficient (Wildman–Crippen LogP) is 4.82. The third-order valence-electron chi connectivity index (χ3n) is 7.34. The smallest absolute Gasteiger partial charge is 0.225 e. The molecule has 3 rings (SSSR count). The average molecular weight is 516 g/mol. The molecule has 1 N–H and O–H groups in total. The van der Waals surface area contributed by atoms with E-state index in [0.29, 0.717) is 11.8 Å². The number of imidazole rings is 1. The number of hydrogen-bond donors (Lipinski definition) is 1. The van der Waals surface area contributed by atoms with Crippen LogP contribution in [0.1, 0.15) is 83.6 Å². The van der Waals surface area contributed by atoms with Crippen LogP contribution in [0.25, 0.3) is 0 Å². The number of amides is 2. The van der Waals surface area contributed by atoms with Crippen LogP contribution >= 0.6 is 11.8 Å². The van der Waals surface area contributed by atoms with Crippen molar-refractivity contribution in [3.05, 3.63) is 40.5 Å². The average Bonchev–Trinajstić information content (AvgIpc) is 3.40. The van der Waals surface area contributed by atoms with Gasteiger partial charge in [-0.3, -0.25) is 9.59 Å². The van der Waals surface area contributed by atoms with Gasteiger partial charge in [-0.15, -0.1) is 11.8 Å². The van der Waals surface area contributed by atoms with Gasteiger partial charge in [0.25, 0.3) is 0 Å². The van der Waals surface area contributed by atoms with E-state index in [-0.39, 0.29) is 29.8 Å². The van der Waals surface area contributed by atoms with Gasteiger partial charge in [-0.2, -0.15) is 0 Å². The fraction of sp³-hybridized carbons (Fsp3) is 0.679. The quantitative estimate of drug-likeness (QED) is 0.457. The number of rotatable bonds is 11. The molecule has 0 aliphatic carbocycles. The minimum atomic E-state index is 0.00850. The van der Waals surface area contributed by atoms with E-state index >= 15 is 0 Å². The summed E-state index contributed by atoms with van der Waals surface area (Å²) in [5.74, 6) is 1.25. The molecule has 2 aliphatic rings. The molecule has 200 valence electrons. The summed E-state index contributed by atoms with van der Waals surface area (Å²) in [4.78, 5) is 34.7. The van der Waals surface area contributed by atoms with Gasteiger partial charge in [0.05, 0.1) is 18.3 Å². The van der Waals surface area contributed by atoms with Crippen molar-refractivity contribution in [2.75, 3.05) is 20.1 Å². The normalized spacial score (nSPS) is 19.1. The highest BCUT2D eigenvalue weighted by molar-refractivity contribution is 8.04. The zero-order valence-electron chi connectivity index (χ0n) is 23.3. The largest absolute Gasteiger partial charge is 0.378 e. The Kier molecular flexibility index (Phi) is 9.72. The highest BCUT2D eigenvalue weighted by Crippen LogP contribution is 2.35. The van der Waals surface area contributed by atoms with E-state index in [0.717, 1.165) is 62.4 Å². The van der Waals surface area contributed by atoms with Crippen LogP contribution in [0.15, 0.2) is 23.3 Å². The van der Waals surface area contributed by atoms with Gasteiger partial charge in [-0.25, -0.2) is 4.98 Å². The van der Waals surface area contributed by atoms with Crippen LogP contribution in [0.3, 0.4) is 0 Å². The number of fused-ring (bicyclic) bond motifs is 1. The molecule has 0 radical (unpaired) electrons. The first-order valence-corrected chi connectivity index (χ1v) is 14.3. The minimum absolute atomic E-state index is 0.00850. The molecule has 3 heterocycles. The maximum atomic E-state index is 12.5. The van der Waals surface area contributed by atoms with Crippen molar-refractivity contribution in [2.24, 2.45) is 5.92 Å². The van der Waals surface area contributed by atoms with E-state index in [1.54, 1.807) is 6.92 Å². The Balaban J connectivity index is 1.64. The van der Waals surface area contributed by atoms with Gasteiger partial charge in [-0.1, -0.05) is 40.3 Å². The molecule has 36 heavy (non-hydrogen) atoms. The first-order chi connectivity index (χ1) is 17.0. The number of aryl methyl sites for hydroxylation is 1. The van der Waals surface area contributed by atoms with Gasteiger partial charge >= 0.3 is 0 Å². The van der Waals surface area contributed by atoms with E-state index in [4.69, 9.17) is 4.98 Å². The van der Waals surface area contributed by atoms with Crippen LogP contribution in [0.4, 0.5) is 0 Å². The van der Waals surface area contributed by atoms with Crippen molar-refractivity contribution in [3.8, 4) is 0 Å². The first-order valence-electron chi connectivity index (χ1n) is 13.4. The molecule has 7 nitrogen and oxygen atoms in total. The molecule has 0 saturated heterocycles. The lowest BCUT2D eigenvalue weighted by molar-refractivity contribution is -0.135. The second-order valence-corrected chi connectivity index (χ2v) is 12.2. The summed E-state index contributed by atoms with van der Waals surface area (Å²) in [5, 5.41) is 3.72. The van der Waals surface area contributed by atoms with Crippen LogP contribution < -0.4 is 5.32 Å². The van der Waals surface area contributed by atoms with Crippen molar-refractivity contribution < 1.29 is 9.59 Å². The van der Waals surface area contributed by atoms with Crippen LogP contribution in [0.5, 0.6) is 0 Å². The molecular formula is C28H45N5O2S. The number of thioether (sulfide) groups is 1. The maximum Gasteiger partial charge on any atom is 0.225 e.